The van der Waals surface area contributed by atoms with Crippen molar-refractivity contribution in [3.63, 3.8) is 0 Å². The summed E-state index contributed by atoms with van der Waals surface area (Å²) < 4.78 is 5.74. The average Bonchev–Trinajstić information content (AvgIpc) is 3.19. The number of barbiturate groups is 1. The van der Waals surface area contributed by atoms with Crippen LogP contribution in [0, 0.1) is 6.92 Å². The third-order valence-corrected chi connectivity index (χ3v) is 5.81. The molecule has 156 valence electrons. The fourth-order valence-electron chi connectivity index (χ4n) is 2.95. The predicted octanol–water partition coefficient (Wildman–Crippen LogP) is 5.20. The summed E-state index contributed by atoms with van der Waals surface area (Å²) in [6.45, 7) is 1.90. The highest BCUT2D eigenvalue weighted by Gasteiger charge is 2.37. The second-order valence-electron chi connectivity index (χ2n) is 6.87. The van der Waals surface area contributed by atoms with E-state index in [9.17, 15) is 14.4 Å². The van der Waals surface area contributed by atoms with Crippen molar-refractivity contribution in [3.8, 4) is 0 Å². The number of hydrogen-bond donors (Lipinski definition) is 1. The molecule has 2 aromatic carbocycles. The molecule has 3 aromatic rings. The van der Waals surface area contributed by atoms with Crippen LogP contribution in [0.2, 0.25) is 5.02 Å². The van der Waals surface area contributed by atoms with Crippen molar-refractivity contribution in [3.05, 3.63) is 88.1 Å². The molecule has 0 unspecified atom stereocenters. The predicted molar refractivity (Wildman–Crippen MR) is 120 cm³/mol. The number of hydrogen-bond acceptors (Lipinski definition) is 5. The summed E-state index contributed by atoms with van der Waals surface area (Å²) in [7, 11) is 0. The number of urea groups is 1. The molecule has 1 aliphatic heterocycles. The number of benzene rings is 2. The molecule has 0 atom stereocenters. The molecule has 0 spiro atoms. The largest absolute Gasteiger partial charge is 0.450 e. The normalized spacial score (nSPS) is 15.5. The van der Waals surface area contributed by atoms with Crippen LogP contribution >= 0.6 is 23.4 Å². The number of aryl methyl sites for hydroxylation is 1. The molecular formula is C23H17ClN2O4S. The Morgan fingerprint density at radius 1 is 1.00 bits per heavy atom. The Balaban J connectivity index is 1.52. The van der Waals surface area contributed by atoms with E-state index in [4.69, 9.17) is 16.0 Å². The van der Waals surface area contributed by atoms with Crippen LogP contribution in [0.15, 0.2) is 75.7 Å². The van der Waals surface area contributed by atoms with Gasteiger partial charge in [-0.2, -0.15) is 0 Å². The van der Waals surface area contributed by atoms with Crippen LogP contribution in [-0.4, -0.2) is 17.8 Å². The Morgan fingerprint density at radius 3 is 2.42 bits per heavy atom. The molecule has 0 bridgehead atoms. The van der Waals surface area contributed by atoms with Gasteiger partial charge in [0.25, 0.3) is 11.8 Å². The van der Waals surface area contributed by atoms with Crippen LogP contribution < -0.4 is 10.2 Å². The summed E-state index contributed by atoms with van der Waals surface area (Å²) >= 11 is 7.37. The van der Waals surface area contributed by atoms with Gasteiger partial charge in [0.15, 0.2) is 5.09 Å². The van der Waals surface area contributed by atoms with Gasteiger partial charge in [-0.1, -0.05) is 53.2 Å². The van der Waals surface area contributed by atoms with Crippen molar-refractivity contribution in [2.75, 3.05) is 4.90 Å². The van der Waals surface area contributed by atoms with Gasteiger partial charge >= 0.3 is 6.03 Å². The van der Waals surface area contributed by atoms with E-state index >= 15 is 0 Å². The molecule has 0 saturated carbocycles. The maximum absolute atomic E-state index is 12.9. The first-order chi connectivity index (χ1) is 14.9. The van der Waals surface area contributed by atoms with E-state index in [1.807, 2.05) is 31.2 Å². The summed E-state index contributed by atoms with van der Waals surface area (Å²) in [5.74, 6) is -0.444. The van der Waals surface area contributed by atoms with Crippen molar-refractivity contribution in [1.29, 1.82) is 0 Å². The fraction of sp³-hybridized carbons (Fsp3) is 0.0870. The number of nitrogens with zero attached hydrogens (tertiary/aromatic N) is 1. The number of imide groups is 2. The Kier molecular flexibility index (Phi) is 5.97. The van der Waals surface area contributed by atoms with Crippen molar-refractivity contribution in [2.24, 2.45) is 0 Å². The van der Waals surface area contributed by atoms with Crippen LogP contribution in [0.25, 0.3) is 6.08 Å². The second kappa shape index (κ2) is 8.83. The second-order valence-corrected chi connectivity index (χ2v) is 8.28. The van der Waals surface area contributed by atoms with Gasteiger partial charge in [-0.25, -0.2) is 9.69 Å². The van der Waals surface area contributed by atoms with Gasteiger partial charge in [0.2, 0.25) is 0 Å². The van der Waals surface area contributed by atoms with E-state index < -0.39 is 17.8 Å². The summed E-state index contributed by atoms with van der Waals surface area (Å²) in [5.41, 5.74) is 2.27. The zero-order chi connectivity index (χ0) is 22.0. The minimum absolute atomic E-state index is 0.177. The van der Waals surface area contributed by atoms with Gasteiger partial charge in [0.05, 0.1) is 5.69 Å². The number of furan rings is 1. The third-order valence-electron chi connectivity index (χ3n) is 4.58. The molecule has 4 rings (SSSR count). The van der Waals surface area contributed by atoms with Gasteiger partial charge in [0.1, 0.15) is 11.3 Å². The number of thioether (sulfide) groups is 1. The molecule has 8 heteroatoms. The van der Waals surface area contributed by atoms with Crippen molar-refractivity contribution in [1.82, 2.24) is 5.32 Å². The number of amides is 4. The SMILES string of the molecule is Cc1ccc(N2C(=O)NC(=O)/C(=C/c3ccc(SCc4ccc(Cl)cc4)o3)C2=O)cc1. The van der Waals surface area contributed by atoms with Gasteiger partial charge in [-0.05, 0) is 55.0 Å². The molecule has 1 saturated heterocycles. The van der Waals surface area contributed by atoms with E-state index in [-0.39, 0.29) is 5.57 Å². The number of halogens is 1. The number of carbonyl (C=O) groups is 3. The minimum Gasteiger partial charge on any atom is -0.450 e. The average molecular weight is 453 g/mol. The Bertz CT molecular complexity index is 1180. The topological polar surface area (TPSA) is 79.6 Å². The lowest BCUT2D eigenvalue weighted by atomic mass is 10.1. The van der Waals surface area contributed by atoms with Crippen LogP contribution in [0.4, 0.5) is 10.5 Å². The molecule has 1 N–H and O–H groups in total. The zero-order valence-electron chi connectivity index (χ0n) is 16.4. The van der Waals surface area contributed by atoms with E-state index in [0.29, 0.717) is 27.3 Å². The lowest BCUT2D eigenvalue weighted by Crippen LogP contribution is -2.54. The van der Waals surface area contributed by atoms with Crippen molar-refractivity contribution >= 4 is 53.0 Å². The molecule has 0 aliphatic carbocycles. The van der Waals surface area contributed by atoms with E-state index in [0.717, 1.165) is 16.0 Å². The molecule has 1 fully saturated rings. The van der Waals surface area contributed by atoms with E-state index in [2.05, 4.69) is 5.32 Å². The highest BCUT2D eigenvalue weighted by atomic mass is 35.5. The van der Waals surface area contributed by atoms with Gasteiger partial charge in [0, 0.05) is 10.8 Å². The van der Waals surface area contributed by atoms with Gasteiger partial charge in [-0.15, -0.1) is 0 Å². The van der Waals surface area contributed by atoms with E-state index in [1.54, 1.807) is 36.4 Å². The van der Waals surface area contributed by atoms with Crippen LogP contribution in [0.3, 0.4) is 0 Å². The van der Waals surface area contributed by atoms with Gasteiger partial charge in [-0.3, -0.25) is 14.9 Å². The van der Waals surface area contributed by atoms with Crippen molar-refractivity contribution < 1.29 is 18.8 Å². The summed E-state index contributed by atoms with van der Waals surface area (Å²) in [6.07, 6.45) is 1.34. The van der Waals surface area contributed by atoms with Crippen molar-refractivity contribution in [2.45, 2.75) is 17.8 Å². The molecule has 4 amide bonds. The maximum Gasteiger partial charge on any atom is 0.335 e. The lowest BCUT2D eigenvalue weighted by Gasteiger charge is -2.26. The Hall–Kier alpha value is -3.29. The monoisotopic (exact) mass is 452 g/mol. The molecule has 6 nitrogen and oxygen atoms in total. The van der Waals surface area contributed by atoms with Crippen LogP contribution in [-0.2, 0) is 15.3 Å². The Labute approximate surface area is 187 Å². The third kappa shape index (κ3) is 4.73. The number of rotatable bonds is 5. The molecule has 1 aromatic heterocycles. The number of nitrogens with one attached hydrogen (secondary N) is 1. The molecular weight excluding hydrogens is 436 g/mol. The summed E-state index contributed by atoms with van der Waals surface area (Å²) in [4.78, 5) is 38.4. The molecule has 31 heavy (non-hydrogen) atoms. The van der Waals surface area contributed by atoms with Crippen LogP contribution in [0.1, 0.15) is 16.9 Å². The standard InChI is InChI=1S/C23H17ClN2O4S/c1-14-2-8-17(9-3-14)26-22(28)19(21(27)25-23(26)29)12-18-10-11-20(30-18)31-13-15-4-6-16(24)7-5-15/h2-12H,13H2,1H3,(H,25,27,29)/b19-12-. The van der Waals surface area contributed by atoms with Gasteiger partial charge < -0.3 is 4.42 Å². The van der Waals surface area contributed by atoms with Crippen LogP contribution in [0.5, 0.6) is 0 Å². The molecule has 2 heterocycles. The lowest BCUT2D eigenvalue weighted by molar-refractivity contribution is -0.122. The highest BCUT2D eigenvalue weighted by molar-refractivity contribution is 7.98. The number of carbonyl (C=O) groups excluding carboxylic acids is 3. The first kappa shape index (κ1) is 21.0. The first-order valence-corrected chi connectivity index (χ1v) is 10.7. The first-order valence-electron chi connectivity index (χ1n) is 9.36. The quantitative estimate of drug-likeness (QED) is 0.327. The smallest absolute Gasteiger partial charge is 0.335 e. The maximum atomic E-state index is 12.9. The van der Waals surface area contributed by atoms with E-state index in [1.165, 1.54) is 17.8 Å². The number of anilines is 1. The molecule has 1 aliphatic rings. The minimum atomic E-state index is -0.783. The Morgan fingerprint density at radius 2 is 1.71 bits per heavy atom. The highest BCUT2D eigenvalue weighted by Crippen LogP contribution is 2.28. The molecule has 0 radical (unpaired) electrons. The summed E-state index contributed by atoms with van der Waals surface area (Å²) in [5, 5.41) is 3.51. The zero-order valence-corrected chi connectivity index (χ0v) is 18.0. The fourth-order valence-corrected chi connectivity index (χ4v) is 3.90. The summed E-state index contributed by atoms with van der Waals surface area (Å²) in [6, 6.07) is 17.0.